The van der Waals surface area contributed by atoms with Gasteiger partial charge in [0.1, 0.15) is 31.0 Å². The molecular weight excluding hydrogens is 588 g/mol. The van der Waals surface area contributed by atoms with E-state index in [1.165, 1.54) is 31.0 Å². The maximum Gasteiger partial charge on any atom is 0.408 e. The van der Waals surface area contributed by atoms with Crippen molar-refractivity contribution in [1.82, 2.24) is 20.0 Å². The van der Waals surface area contributed by atoms with Crippen LogP contribution in [-0.4, -0.2) is 117 Å². The molecule has 1 saturated heterocycles. The zero-order chi connectivity index (χ0) is 32.9. The first kappa shape index (κ1) is 34.4. The number of hydrogen-bond acceptors (Lipinski definition) is 10. The third-order valence-electron chi connectivity index (χ3n) is 7.03. The van der Waals surface area contributed by atoms with Crippen LogP contribution in [0.1, 0.15) is 17.5 Å². The van der Waals surface area contributed by atoms with E-state index in [1.54, 1.807) is 48.5 Å². The molecule has 0 saturated carbocycles. The molecule has 1 heterocycles. The van der Waals surface area contributed by atoms with Gasteiger partial charge in [-0.25, -0.2) is 4.79 Å². The summed E-state index contributed by atoms with van der Waals surface area (Å²) in [5.41, 5.74) is 1.43. The van der Waals surface area contributed by atoms with E-state index in [4.69, 9.17) is 18.9 Å². The van der Waals surface area contributed by atoms with Crippen molar-refractivity contribution in [3.8, 4) is 5.75 Å². The Bertz CT molecular complexity index is 1350. The highest BCUT2D eigenvalue weighted by Gasteiger charge is 2.42. The van der Waals surface area contributed by atoms with Crippen LogP contribution in [0.3, 0.4) is 0 Å². The van der Waals surface area contributed by atoms with Gasteiger partial charge in [0.15, 0.2) is 6.61 Å². The molecule has 1 fully saturated rings. The van der Waals surface area contributed by atoms with Crippen molar-refractivity contribution in [2.24, 2.45) is 0 Å². The van der Waals surface area contributed by atoms with E-state index in [2.05, 4.69) is 5.32 Å². The normalized spacial score (nSPS) is 15.0. The maximum absolute atomic E-state index is 14.0. The van der Waals surface area contributed by atoms with Crippen LogP contribution in [0.5, 0.6) is 5.75 Å². The standard InChI is InChI=1S/C31H38N4O10/c1-33(2)26(36)20-44-28(38)18-34-14-15-35(25(30(34)40)17-27(37)43-4)29(39)24(16-21-10-12-23(42-3)13-11-21)32-31(41)45-19-22-8-6-5-7-9-22/h5-13,24-25H,14-20H2,1-4H3,(H,32,41)/t24-,25?/m0/s1. The molecule has 0 aliphatic carbocycles. The Morgan fingerprint density at radius 1 is 0.911 bits per heavy atom. The Morgan fingerprint density at radius 2 is 1.60 bits per heavy atom. The summed E-state index contributed by atoms with van der Waals surface area (Å²) in [5.74, 6) is -2.74. The van der Waals surface area contributed by atoms with Crippen molar-refractivity contribution in [2.45, 2.75) is 31.5 Å². The first-order valence-corrected chi connectivity index (χ1v) is 14.1. The van der Waals surface area contributed by atoms with Crippen LogP contribution in [0.2, 0.25) is 0 Å². The fourth-order valence-electron chi connectivity index (χ4n) is 4.48. The van der Waals surface area contributed by atoms with E-state index >= 15 is 0 Å². The van der Waals surface area contributed by atoms with Gasteiger partial charge in [-0.05, 0) is 23.3 Å². The van der Waals surface area contributed by atoms with E-state index < -0.39 is 67.4 Å². The molecule has 2 aromatic rings. The summed E-state index contributed by atoms with van der Waals surface area (Å²) in [7, 11) is 5.68. The van der Waals surface area contributed by atoms with Crippen molar-refractivity contribution in [1.29, 1.82) is 0 Å². The molecule has 1 N–H and O–H groups in total. The Labute approximate surface area is 261 Å². The summed E-state index contributed by atoms with van der Waals surface area (Å²) >= 11 is 0. The molecule has 2 atom stereocenters. The van der Waals surface area contributed by atoms with Crippen LogP contribution >= 0.6 is 0 Å². The van der Waals surface area contributed by atoms with Crippen LogP contribution in [0, 0.1) is 0 Å². The lowest BCUT2D eigenvalue weighted by molar-refractivity contribution is -0.161. The monoisotopic (exact) mass is 626 g/mol. The quantitative estimate of drug-likeness (QED) is 0.248. The zero-order valence-corrected chi connectivity index (χ0v) is 25.7. The summed E-state index contributed by atoms with van der Waals surface area (Å²) in [6.07, 6.45) is -1.30. The minimum Gasteiger partial charge on any atom is -0.497 e. The number of methoxy groups -OCH3 is 2. The second kappa shape index (κ2) is 16.6. The number of alkyl carbamates (subject to hydrolysis) is 1. The minimum absolute atomic E-state index is 0.0332. The predicted octanol–water partition coefficient (Wildman–Crippen LogP) is 0.767. The Morgan fingerprint density at radius 3 is 2.22 bits per heavy atom. The number of benzene rings is 2. The number of amides is 4. The molecule has 2 aromatic carbocycles. The van der Waals surface area contributed by atoms with E-state index in [1.807, 2.05) is 6.07 Å². The average molecular weight is 627 g/mol. The highest BCUT2D eigenvalue weighted by Crippen LogP contribution is 2.20. The summed E-state index contributed by atoms with van der Waals surface area (Å²) < 4.78 is 20.3. The van der Waals surface area contributed by atoms with Crippen LogP contribution in [0.4, 0.5) is 4.79 Å². The average Bonchev–Trinajstić information content (AvgIpc) is 3.04. The lowest BCUT2D eigenvalue weighted by atomic mass is 10.0. The molecule has 45 heavy (non-hydrogen) atoms. The topological polar surface area (TPSA) is 161 Å². The Kier molecular flexibility index (Phi) is 12.7. The molecule has 1 aliphatic heterocycles. The minimum atomic E-state index is -1.32. The van der Waals surface area contributed by atoms with Crippen molar-refractivity contribution in [3.63, 3.8) is 0 Å². The van der Waals surface area contributed by atoms with E-state index in [-0.39, 0.29) is 26.1 Å². The first-order chi connectivity index (χ1) is 21.5. The summed E-state index contributed by atoms with van der Waals surface area (Å²) in [4.78, 5) is 80.5. The number of nitrogens with zero attached hydrogens (tertiary/aromatic N) is 3. The largest absolute Gasteiger partial charge is 0.497 e. The summed E-state index contributed by atoms with van der Waals surface area (Å²) in [6.45, 7) is -1.14. The molecule has 14 heteroatoms. The molecular formula is C31H38N4O10. The smallest absolute Gasteiger partial charge is 0.408 e. The number of carbonyl (C=O) groups excluding carboxylic acids is 6. The van der Waals surface area contributed by atoms with Gasteiger partial charge in [0.05, 0.1) is 20.6 Å². The fourth-order valence-corrected chi connectivity index (χ4v) is 4.48. The predicted molar refractivity (Wildman–Crippen MR) is 159 cm³/mol. The van der Waals surface area contributed by atoms with Gasteiger partial charge in [0.25, 0.3) is 5.91 Å². The van der Waals surface area contributed by atoms with Gasteiger partial charge < -0.3 is 39.0 Å². The SMILES string of the molecule is COC(=O)CC1C(=O)N(CC(=O)OCC(=O)N(C)C)CCN1C(=O)[C@H](Cc1ccc(OC)cc1)NC(=O)OCc1ccccc1. The number of ether oxygens (including phenoxy) is 4. The highest BCUT2D eigenvalue weighted by molar-refractivity contribution is 5.95. The van der Waals surface area contributed by atoms with E-state index in [0.29, 0.717) is 11.3 Å². The number of esters is 2. The number of rotatable bonds is 13. The maximum atomic E-state index is 14.0. The third-order valence-corrected chi connectivity index (χ3v) is 7.03. The molecule has 14 nitrogen and oxygen atoms in total. The number of hydrogen-bond donors (Lipinski definition) is 1. The third kappa shape index (κ3) is 10.2. The second-order valence-electron chi connectivity index (χ2n) is 10.3. The highest BCUT2D eigenvalue weighted by atomic mass is 16.6. The number of likely N-dealkylation sites (N-methyl/N-ethyl adjacent to an activating group) is 1. The molecule has 1 unspecified atom stereocenters. The Hall–Kier alpha value is -5.14. The second-order valence-corrected chi connectivity index (χ2v) is 10.3. The van der Waals surface area contributed by atoms with Crippen LogP contribution < -0.4 is 10.1 Å². The summed E-state index contributed by atoms with van der Waals surface area (Å²) in [6, 6.07) is 13.4. The van der Waals surface area contributed by atoms with Crippen LogP contribution in [0.15, 0.2) is 54.6 Å². The molecule has 242 valence electrons. The zero-order valence-electron chi connectivity index (χ0n) is 25.7. The van der Waals surface area contributed by atoms with E-state index in [0.717, 1.165) is 17.6 Å². The Balaban J connectivity index is 1.79. The molecule has 4 amide bonds. The van der Waals surface area contributed by atoms with E-state index in [9.17, 15) is 28.8 Å². The first-order valence-electron chi connectivity index (χ1n) is 14.1. The van der Waals surface area contributed by atoms with Crippen LogP contribution in [-0.2, 0) is 51.2 Å². The van der Waals surface area contributed by atoms with Crippen LogP contribution in [0.25, 0.3) is 0 Å². The van der Waals surface area contributed by atoms with Gasteiger partial charge in [0.2, 0.25) is 11.8 Å². The van der Waals surface area contributed by atoms with Crippen molar-refractivity contribution in [3.05, 3.63) is 65.7 Å². The summed E-state index contributed by atoms with van der Waals surface area (Å²) in [5, 5.41) is 2.61. The van der Waals surface area contributed by atoms with Crippen molar-refractivity contribution < 1.29 is 47.7 Å². The molecule has 1 aliphatic rings. The van der Waals surface area contributed by atoms with Crippen molar-refractivity contribution in [2.75, 3.05) is 54.6 Å². The lowest BCUT2D eigenvalue weighted by Crippen LogP contribution is -2.63. The number of nitrogens with one attached hydrogen (secondary N) is 1. The van der Waals surface area contributed by atoms with Gasteiger partial charge in [-0.15, -0.1) is 0 Å². The fraction of sp³-hybridized carbons (Fsp3) is 0.419. The van der Waals surface area contributed by atoms with Gasteiger partial charge >= 0.3 is 18.0 Å². The molecule has 0 spiro atoms. The van der Waals surface area contributed by atoms with Gasteiger partial charge in [-0.2, -0.15) is 0 Å². The number of piperazine rings is 1. The van der Waals surface area contributed by atoms with Crippen molar-refractivity contribution >= 4 is 35.8 Å². The van der Waals surface area contributed by atoms with Gasteiger partial charge in [-0.3, -0.25) is 24.0 Å². The van der Waals surface area contributed by atoms with Gasteiger partial charge in [0, 0.05) is 33.6 Å². The number of carbonyl (C=O) groups is 6. The molecule has 0 radical (unpaired) electrons. The molecule has 0 aromatic heterocycles. The molecule has 0 bridgehead atoms. The lowest BCUT2D eigenvalue weighted by Gasteiger charge is -2.41. The molecule has 3 rings (SSSR count). The van der Waals surface area contributed by atoms with Gasteiger partial charge in [-0.1, -0.05) is 42.5 Å².